The maximum absolute atomic E-state index is 11.6. The van der Waals surface area contributed by atoms with Gasteiger partial charge in [0.1, 0.15) is 5.75 Å². The van der Waals surface area contributed by atoms with Crippen molar-refractivity contribution in [3.05, 3.63) is 90.5 Å². The van der Waals surface area contributed by atoms with Crippen LogP contribution in [0.4, 0.5) is 0 Å². The summed E-state index contributed by atoms with van der Waals surface area (Å²) in [6.45, 7) is 7.45. The van der Waals surface area contributed by atoms with E-state index in [2.05, 4.69) is 62.0 Å². The van der Waals surface area contributed by atoms with Gasteiger partial charge < -0.3 is 4.74 Å². The van der Waals surface area contributed by atoms with E-state index in [9.17, 15) is 4.79 Å². The number of ether oxygens (including phenoxy) is 1. The van der Waals surface area contributed by atoms with Crippen LogP contribution in [-0.4, -0.2) is 5.97 Å². The normalized spacial score (nSPS) is 10.5. The van der Waals surface area contributed by atoms with Crippen LogP contribution in [0.1, 0.15) is 32.3 Å². The first kappa shape index (κ1) is 19.6. The molecule has 0 saturated heterocycles. The van der Waals surface area contributed by atoms with Crippen molar-refractivity contribution in [1.82, 2.24) is 0 Å². The minimum Gasteiger partial charge on any atom is -0.423 e. The van der Waals surface area contributed by atoms with E-state index < -0.39 is 5.97 Å². The highest BCUT2D eigenvalue weighted by Crippen LogP contribution is 2.27. The Morgan fingerprint density at radius 1 is 0.786 bits per heavy atom. The molecule has 3 rings (SSSR count). The lowest BCUT2D eigenvalue weighted by Crippen LogP contribution is -2.07. The highest BCUT2D eigenvalue weighted by Gasteiger charge is 2.06. The molecule has 0 N–H and O–H groups in total. The van der Waals surface area contributed by atoms with Crippen molar-refractivity contribution in [3.8, 4) is 28.0 Å². The SMILES string of the molecule is C=C(C)C(=O)Oc1ccc(-c2ccc(-c3ccc(CCCC)cc3)cc2)cc1. The summed E-state index contributed by atoms with van der Waals surface area (Å²) in [4.78, 5) is 11.6. The molecule has 0 aromatic heterocycles. The number of hydrogen-bond donors (Lipinski definition) is 0. The highest BCUT2D eigenvalue weighted by atomic mass is 16.5. The van der Waals surface area contributed by atoms with Crippen molar-refractivity contribution in [2.24, 2.45) is 0 Å². The van der Waals surface area contributed by atoms with E-state index in [0.29, 0.717) is 11.3 Å². The Balaban J connectivity index is 1.70. The number of carbonyl (C=O) groups excluding carboxylic acids is 1. The average molecular weight is 370 g/mol. The summed E-state index contributed by atoms with van der Waals surface area (Å²) in [7, 11) is 0. The third-order valence-electron chi connectivity index (χ3n) is 4.74. The van der Waals surface area contributed by atoms with Crippen molar-refractivity contribution in [2.75, 3.05) is 0 Å². The standard InChI is InChI=1S/C26H26O2/c1-4-5-6-20-7-9-21(10-8-20)22-11-13-23(14-12-22)24-15-17-25(18-16-24)28-26(27)19(2)3/h7-18H,2,4-6H2,1,3H3. The number of benzene rings is 3. The highest BCUT2D eigenvalue weighted by molar-refractivity contribution is 5.88. The molecule has 0 spiro atoms. The quantitative estimate of drug-likeness (QED) is 0.258. The molecule has 0 radical (unpaired) electrons. The van der Waals surface area contributed by atoms with Crippen LogP contribution in [-0.2, 0) is 11.2 Å². The molecule has 3 aromatic carbocycles. The van der Waals surface area contributed by atoms with E-state index in [1.807, 2.05) is 12.1 Å². The number of esters is 1. The van der Waals surface area contributed by atoms with Crippen molar-refractivity contribution in [3.63, 3.8) is 0 Å². The van der Waals surface area contributed by atoms with E-state index in [1.165, 1.54) is 29.5 Å². The predicted molar refractivity (Wildman–Crippen MR) is 116 cm³/mol. The molecule has 3 aromatic rings. The van der Waals surface area contributed by atoms with Gasteiger partial charge in [0.25, 0.3) is 0 Å². The fraction of sp³-hybridized carbons (Fsp3) is 0.192. The molecule has 0 bridgehead atoms. The molecule has 0 saturated carbocycles. The van der Waals surface area contributed by atoms with Gasteiger partial charge in [-0.1, -0.05) is 80.6 Å². The summed E-state index contributed by atoms with van der Waals surface area (Å²) in [5.41, 5.74) is 6.43. The lowest BCUT2D eigenvalue weighted by molar-refractivity contribution is -0.130. The Morgan fingerprint density at radius 3 is 1.64 bits per heavy atom. The molecule has 2 heteroatoms. The van der Waals surface area contributed by atoms with E-state index in [4.69, 9.17) is 4.74 Å². The molecule has 0 heterocycles. The largest absolute Gasteiger partial charge is 0.423 e. The molecule has 142 valence electrons. The van der Waals surface area contributed by atoms with Crippen LogP contribution in [0.25, 0.3) is 22.3 Å². The van der Waals surface area contributed by atoms with Gasteiger partial charge in [-0.3, -0.25) is 0 Å². The van der Waals surface area contributed by atoms with Gasteiger partial charge in [0.05, 0.1) is 0 Å². The van der Waals surface area contributed by atoms with Gasteiger partial charge in [0.15, 0.2) is 0 Å². The van der Waals surface area contributed by atoms with Crippen LogP contribution in [0.2, 0.25) is 0 Å². The maximum atomic E-state index is 11.6. The topological polar surface area (TPSA) is 26.3 Å². The summed E-state index contributed by atoms with van der Waals surface area (Å²) in [6.07, 6.45) is 3.60. The third kappa shape index (κ3) is 4.98. The molecule has 28 heavy (non-hydrogen) atoms. The Hall–Kier alpha value is -3.13. The Morgan fingerprint density at radius 2 is 1.21 bits per heavy atom. The zero-order chi connectivity index (χ0) is 19.9. The summed E-state index contributed by atoms with van der Waals surface area (Å²) in [5, 5.41) is 0. The van der Waals surface area contributed by atoms with E-state index in [0.717, 1.165) is 17.5 Å². The van der Waals surface area contributed by atoms with Gasteiger partial charge in [-0.05, 0) is 59.7 Å². The van der Waals surface area contributed by atoms with Crippen LogP contribution in [0.3, 0.4) is 0 Å². The van der Waals surface area contributed by atoms with E-state index in [-0.39, 0.29) is 0 Å². The zero-order valence-electron chi connectivity index (χ0n) is 16.6. The van der Waals surface area contributed by atoms with Gasteiger partial charge in [-0.25, -0.2) is 4.79 Å². The van der Waals surface area contributed by atoms with Crippen LogP contribution in [0.15, 0.2) is 84.9 Å². The Bertz CT molecular complexity index is 933. The van der Waals surface area contributed by atoms with Gasteiger partial charge in [-0.15, -0.1) is 0 Å². The lowest BCUT2D eigenvalue weighted by atomic mass is 9.99. The third-order valence-corrected chi connectivity index (χ3v) is 4.74. The summed E-state index contributed by atoms with van der Waals surface area (Å²) >= 11 is 0. The fourth-order valence-corrected chi connectivity index (χ4v) is 3.01. The van der Waals surface area contributed by atoms with Crippen molar-refractivity contribution in [2.45, 2.75) is 33.1 Å². The van der Waals surface area contributed by atoms with E-state index in [1.54, 1.807) is 19.1 Å². The number of rotatable bonds is 7. The minimum atomic E-state index is -0.405. The Kier molecular flexibility index (Phi) is 6.44. The van der Waals surface area contributed by atoms with Gasteiger partial charge in [0, 0.05) is 5.57 Å². The van der Waals surface area contributed by atoms with Crippen LogP contribution >= 0.6 is 0 Å². The van der Waals surface area contributed by atoms with Crippen LogP contribution < -0.4 is 4.74 Å². The van der Waals surface area contributed by atoms with Gasteiger partial charge in [-0.2, -0.15) is 0 Å². The molecule has 0 aliphatic heterocycles. The molecule has 0 fully saturated rings. The van der Waals surface area contributed by atoms with Crippen molar-refractivity contribution in [1.29, 1.82) is 0 Å². The molecule has 2 nitrogen and oxygen atoms in total. The first-order valence-corrected chi connectivity index (χ1v) is 9.74. The number of carbonyl (C=O) groups is 1. The number of unbranched alkanes of at least 4 members (excludes halogenated alkanes) is 1. The van der Waals surface area contributed by atoms with Crippen molar-refractivity contribution < 1.29 is 9.53 Å². The molecule has 0 aliphatic rings. The predicted octanol–water partition coefficient (Wildman–Crippen LogP) is 6.84. The summed E-state index contributed by atoms with van der Waals surface area (Å²) in [5.74, 6) is 0.120. The minimum absolute atomic E-state index is 0.387. The summed E-state index contributed by atoms with van der Waals surface area (Å²) in [6, 6.07) is 24.9. The van der Waals surface area contributed by atoms with Crippen LogP contribution in [0, 0.1) is 0 Å². The van der Waals surface area contributed by atoms with E-state index >= 15 is 0 Å². The second-order valence-electron chi connectivity index (χ2n) is 7.07. The molecule has 0 aliphatic carbocycles. The first-order valence-electron chi connectivity index (χ1n) is 9.74. The molecular weight excluding hydrogens is 344 g/mol. The molecule has 0 unspecified atom stereocenters. The van der Waals surface area contributed by atoms with Crippen LogP contribution in [0.5, 0.6) is 5.75 Å². The molecular formula is C26H26O2. The number of hydrogen-bond acceptors (Lipinski definition) is 2. The van der Waals surface area contributed by atoms with Gasteiger partial charge in [0.2, 0.25) is 0 Å². The first-order chi connectivity index (χ1) is 13.6. The smallest absolute Gasteiger partial charge is 0.338 e. The maximum Gasteiger partial charge on any atom is 0.338 e. The monoisotopic (exact) mass is 370 g/mol. The summed E-state index contributed by atoms with van der Waals surface area (Å²) < 4.78 is 5.24. The van der Waals surface area contributed by atoms with Crippen molar-refractivity contribution >= 4 is 5.97 Å². The second kappa shape index (κ2) is 9.18. The lowest BCUT2D eigenvalue weighted by Gasteiger charge is -2.08. The fourth-order valence-electron chi connectivity index (χ4n) is 3.01. The van der Waals surface area contributed by atoms with Gasteiger partial charge >= 0.3 is 5.97 Å². The molecule has 0 amide bonds. The molecule has 0 atom stereocenters. The average Bonchev–Trinajstić information content (AvgIpc) is 2.73. The zero-order valence-corrected chi connectivity index (χ0v) is 16.6. The Labute approximate surface area is 167 Å². The number of aryl methyl sites for hydroxylation is 1. The second-order valence-corrected chi connectivity index (χ2v) is 7.07.